The fourth-order valence-electron chi connectivity index (χ4n) is 4.25. The van der Waals surface area contributed by atoms with E-state index in [0.717, 1.165) is 16.0 Å². The van der Waals surface area contributed by atoms with Crippen LogP contribution in [0.15, 0.2) is 94.4 Å². The Morgan fingerprint density at radius 2 is 1.74 bits per heavy atom. The minimum absolute atomic E-state index is 0.0439. The fraction of sp³-hybridized carbons (Fsp3) is 0.207. The van der Waals surface area contributed by atoms with Crippen molar-refractivity contribution in [1.82, 2.24) is 10.2 Å². The van der Waals surface area contributed by atoms with Crippen LogP contribution < -0.4 is 10.1 Å². The molecule has 0 bridgehead atoms. The highest BCUT2D eigenvalue weighted by Gasteiger charge is 2.54. The Balaban J connectivity index is 1.33. The zero-order chi connectivity index (χ0) is 27.4. The average molecular weight is 581 g/mol. The molecule has 0 saturated carbocycles. The summed E-state index contributed by atoms with van der Waals surface area (Å²) in [6.07, 6.45) is 0.173. The third-order valence-corrected chi connectivity index (χ3v) is 9.04. The Kier molecular flexibility index (Phi) is 8.50. The molecule has 3 aromatic carbocycles. The van der Waals surface area contributed by atoms with Crippen LogP contribution in [0.4, 0.5) is 0 Å². The standard InChI is InChI=1S/C29H25ClN2O5S2/c1-36-21-11-7-19(8-12-21)16-37-29(35)26-23(39-22-13-9-20(30)10-14-22)17-38-28-25(27(34)32(26)28)31-24(33)15-18-5-3-2-4-6-18/h2-14,25,28H,15-17H2,1H3,(H,31,33)/t25-,28+/m1/s1. The molecule has 2 heterocycles. The predicted molar refractivity (Wildman–Crippen MR) is 152 cm³/mol. The van der Waals surface area contributed by atoms with Crippen LogP contribution in [0.25, 0.3) is 0 Å². The largest absolute Gasteiger partial charge is 0.497 e. The van der Waals surface area contributed by atoms with Gasteiger partial charge in [0.2, 0.25) is 5.91 Å². The van der Waals surface area contributed by atoms with Gasteiger partial charge >= 0.3 is 5.97 Å². The number of benzene rings is 3. The first kappa shape index (κ1) is 27.2. The summed E-state index contributed by atoms with van der Waals surface area (Å²) < 4.78 is 10.8. The molecule has 3 aromatic rings. The number of β-lactam (4-membered cyclic amide) rings is 1. The molecule has 2 amide bonds. The Morgan fingerprint density at radius 3 is 2.44 bits per heavy atom. The maximum atomic E-state index is 13.4. The maximum Gasteiger partial charge on any atom is 0.356 e. The summed E-state index contributed by atoms with van der Waals surface area (Å²) >= 11 is 8.94. The number of nitrogens with one attached hydrogen (secondary N) is 1. The fourth-order valence-corrected chi connectivity index (χ4v) is 6.84. The second-order valence-electron chi connectivity index (χ2n) is 8.87. The van der Waals surface area contributed by atoms with Gasteiger partial charge < -0.3 is 14.8 Å². The van der Waals surface area contributed by atoms with Crippen molar-refractivity contribution in [2.75, 3.05) is 12.9 Å². The number of rotatable bonds is 9. The number of halogens is 1. The van der Waals surface area contributed by atoms with E-state index in [1.807, 2.05) is 54.6 Å². The van der Waals surface area contributed by atoms with E-state index in [4.69, 9.17) is 21.1 Å². The van der Waals surface area contributed by atoms with Gasteiger partial charge in [-0.1, -0.05) is 65.8 Å². The number of thioether (sulfide) groups is 2. The normalized spacial score (nSPS) is 18.2. The van der Waals surface area contributed by atoms with Gasteiger partial charge in [-0.15, -0.1) is 11.8 Å². The molecule has 0 aliphatic carbocycles. The third-order valence-electron chi connectivity index (χ3n) is 6.23. The second-order valence-corrected chi connectivity index (χ2v) is 11.6. The van der Waals surface area contributed by atoms with Crippen LogP contribution in [0, 0.1) is 0 Å². The molecule has 2 atom stereocenters. The van der Waals surface area contributed by atoms with Crippen LogP contribution in [0.1, 0.15) is 11.1 Å². The summed E-state index contributed by atoms with van der Waals surface area (Å²) in [7, 11) is 1.58. The first-order valence-corrected chi connectivity index (χ1v) is 14.4. The minimum Gasteiger partial charge on any atom is -0.497 e. The highest BCUT2D eigenvalue weighted by molar-refractivity contribution is 8.06. The van der Waals surface area contributed by atoms with Gasteiger partial charge in [0.25, 0.3) is 5.91 Å². The Labute approximate surface area is 239 Å². The molecular weight excluding hydrogens is 556 g/mol. The molecule has 0 aromatic heterocycles. The summed E-state index contributed by atoms with van der Waals surface area (Å²) in [5, 5.41) is 3.07. The molecule has 7 nitrogen and oxygen atoms in total. The Bertz CT molecular complexity index is 1400. The van der Waals surface area contributed by atoms with E-state index in [-0.39, 0.29) is 30.5 Å². The molecule has 5 rings (SSSR count). The van der Waals surface area contributed by atoms with Crippen molar-refractivity contribution in [1.29, 1.82) is 0 Å². The average Bonchev–Trinajstić information content (AvgIpc) is 2.96. The summed E-state index contributed by atoms with van der Waals surface area (Å²) in [5.41, 5.74) is 1.87. The number of hydrogen-bond donors (Lipinski definition) is 1. The van der Waals surface area contributed by atoms with Crippen molar-refractivity contribution >= 4 is 52.9 Å². The molecule has 1 N–H and O–H groups in total. The molecule has 2 aliphatic rings. The smallest absolute Gasteiger partial charge is 0.356 e. The van der Waals surface area contributed by atoms with Crippen LogP contribution in [-0.2, 0) is 32.1 Å². The van der Waals surface area contributed by atoms with Crippen LogP contribution in [0.5, 0.6) is 5.75 Å². The van der Waals surface area contributed by atoms with E-state index in [1.54, 1.807) is 31.4 Å². The maximum absolute atomic E-state index is 13.4. The molecule has 0 spiro atoms. The van der Waals surface area contributed by atoms with Gasteiger partial charge in [0.15, 0.2) is 0 Å². The topological polar surface area (TPSA) is 84.9 Å². The first-order chi connectivity index (χ1) is 18.9. The van der Waals surface area contributed by atoms with E-state index in [0.29, 0.717) is 21.4 Å². The highest BCUT2D eigenvalue weighted by Crippen LogP contribution is 2.45. The van der Waals surface area contributed by atoms with Gasteiger partial charge in [0, 0.05) is 20.6 Å². The SMILES string of the molecule is COc1ccc(COC(=O)C2=C(Sc3ccc(Cl)cc3)CS[C@H]3[C@H](NC(=O)Cc4ccccc4)C(=O)N23)cc1. The number of carbonyl (C=O) groups excluding carboxylic acids is 3. The van der Waals surface area contributed by atoms with Crippen molar-refractivity contribution in [3.63, 3.8) is 0 Å². The van der Waals surface area contributed by atoms with E-state index in [2.05, 4.69) is 5.32 Å². The number of hydrogen-bond acceptors (Lipinski definition) is 7. The Hall–Kier alpha value is -3.40. The van der Waals surface area contributed by atoms with Crippen molar-refractivity contribution in [2.45, 2.75) is 29.3 Å². The van der Waals surface area contributed by atoms with Crippen molar-refractivity contribution < 1.29 is 23.9 Å². The predicted octanol–water partition coefficient (Wildman–Crippen LogP) is 5.04. The second kappa shape index (κ2) is 12.2. The number of amides is 2. The molecule has 1 fully saturated rings. The minimum atomic E-state index is -0.710. The van der Waals surface area contributed by atoms with Crippen molar-refractivity contribution in [3.8, 4) is 5.75 Å². The number of fused-ring (bicyclic) bond motifs is 1. The lowest BCUT2D eigenvalue weighted by atomic mass is 10.0. The van der Waals surface area contributed by atoms with E-state index >= 15 is 0 Å². The molecule has 0 radical (unpaired) electrons. The van der Waals surface area contributed by atoms with Crippen LogP contribution in [0.3, 0.4) is 0 Å². The number of esters is 1. The summed E-state index contributed by atoms with van der Waals surface area (Å²) in [5.74, 6) is 0.0239. The van der Waals surface area contributed by atoms with Gasteiger partial charge in [0.05, 0.1) is 13.5 Å². The monoisotopic (exact) mass is 580 g/mol. The molecule has 39 heavy (non-hydrogen) atoms. The van der Waals surface area contributed by atoms with Gasteiger partial charge in [-0.3, -0.25) is 14.5 Å². The molecule has 1 saturated heterocycles. The Morgan fingerprint density at radius 1 is 1.03 bits per heavy atom. The lowest BCUT2D eigenvalue weighted by Gasteiger charge is -2.49. The molecule has 10 heteroatoms. The van der Waals surface area contributed by atoms with Crippen LogP contribution in [0.2, 0.25) is 5.02 Å². The van der Waals surface area contributed by atoms with E-state index < -0.39 is 17.4 Å². The van der Waals surface area contributed by atoms with Crippen LogP contribution in [-0.4, -0.2) is 47.0 Å². The number of ether oxygens (including phenoxy) is 2. The molecule has 200 valence electrons. The van der Waals surface area contributed by atoms with Crippen molar-refractivity contribution in [2.24, 2.45) is 0 Å². The lowest BCUT2D eigenvalue weighted by molar-refractivity contribution is -0.153. The number of methoxy groups -OCH3 is 1. The molecule has 0 unspecified atom stereocenters. The highest BCUT2D eigenvalue weighted by atomic mass is 35.5. The van der Waals surface area contributed by atoms with Crippen LogP contribution >= 0.6 is 35.1 Å². The quantitative estimate of drug-likeness (QED) is 0.280. The van der Waals surface area contributed by atoms with Gasteiger partial charge in [-0.05, 0) is 47.5 Å². The summed E-state index contributed by atoms with van der Waals surface area (Å²) in [4.78, 5) is 42.4. The van der Waals surface area contributed by atoms with E-state index in [1.165, 1.54) is 28.4 Å². The number of nitrogens with zero attached hydrogens (tertiary/aromatic N) is 1. The number of carbonyl (C=O) groups is 3. The first-order valence-electron chi connectivity index (χ1n) is 12.2. The molecule has 2 aliphatic heterocycles. The van der Waals surface area contributed by atoms with Gasteiger partial charge in [0.1, 0.15) is 29.5 Å². The van der Waals surface area contributed by atoms with Crippen molar-refractivity contribution in [3.05, 3.63) is 106 Å². The van der Waals surface area contributed by atoms with Gasteiger partial charge in [-0.2, -0.15) is 0 Å². The third kappa shape index (κ3) is 6.27. The molecular formula is C29H25ClN2O5S2. The van der Waals surface area contributed by atoms with E-state index in [9.17, 15) is 14.4 Å². The zero-order valence-corrected chi connectivity index (χ0v) is 23.4. The lowest BCUT2D eigenvalue weighted by Crippen LogP contribution is -2.70. The van der Waals surface area contributed by atoms with Gasteiger partial charge in [-0.25, -0.2) is 4.79 Å². The zero-order valence-electron chi connectivity index (χ0n) is 21.0. The summed E-state index contributed by atoms with van der Waals surface area (Å²) in [6, 6.07) is 23.1. The summed E-state index contributed by atoms with van der Waals surface area (Å²) in [6.45, 7) is 0.0439.